The molecule has 3 nitrogen and oxygen atoms in total. The summed E-state index contributed by atoms with van der Waals surface area (Å²) >= 11 is 2.01. The zero-order valence-electron chi connectivity index (χ0n) is 9.47. The molecule has 1 fully saturated rings. The lowest BCUT2D eigenvalue weighted by Gasteiger charge is -2.20. The van der Waals surface area contributed by atoms with E-state index in [-0.39, 0.29) is 0 Å². The molecule has 1 atom stereocenters. The number of thioether (sulfide) groups is 1. The fourth-order valence-corrected chi connectivity index (χ4v) is 2.90. The van der Waals surface area contributed by atoms with Crippen LogP contribution >= 0.6 is 11.8 Å². The Labute approximate surface area is 95.4 Å². The molecule has 0 aliphatic carbocycles. The first-order chi connectivity index (χ1) is 7.35. The Kier molecular flexibility index (Phi) is 3.70. The number of aryl methyl sites for hydroxylation is 2. The summed E-state index contributed by atoms with van der Waals surface area (Å²) in [5, 5.41) is 3.51. The Bertz CT molecular complexity index is 294. The number of H-pyrrole nitrogens is 1. The second kappa shape index (κ2) is 5.03. The van der Waals surface area contributed by atoms with Gasteiger partial charge in [-0.05, 0) is 12.8 Å². The third-order valence-electron chi connectivity index (χ3n) is 2.82. The van der Waals surface area contributed by atoms with Crippen molar-refractivity contribution in [1.82, 2.24) is 15.3 Å². The maximum atomic E-state index is 4.69. The molecule has 1 aromatic rings. The average molecular weight is 225 g/mol. The molecule has 2 heterocycles. The van der Waals surface area contributed by atoms with Crippen molar-refractivity contribution in [3.8, 4) is 0 Å². The molecule has 0 amide bonds. The predicted octanol–water partition coefficient (Wildman–Crippen LogP) is 1.91. The van der Waals surface area contributed by atoms with Crippen molar-refractivity contribution in [3.05, 3.63) is 17.2 Å². The molecule has 0 spiro atoms. The lowest BCUT2D eigenvalue weighted by atomic mass is 10.2. The molecular formula is C11H19N3S. The van der Waals surface area contributed by atoms with Gasteiger partial charge < -0.3 is 10.3 Å². The minimum Gasteiger partial charge on any atom is -0.344 e. The van der Waals surface area contributed by atoms with Gasteiger partial charge >= 0.3 is 0 Å². The van der Waals surface area contributed by atoms with Gasteiger partial charge in [-0.3, -0.25) is 0 Å². The summed E-state index contributed by atoms with van der Waals surface area (Å²) in [6, 6.07) is 0.425. The number of imidazole rings is 1. The van der Waals surface area contributed by atoms with Gasteiger partial charge in [0, 0.05) is 23.7 Å². The summed E-state index contributed by atoms with van der Waals surface area (Å²) in [4.78, 5) is 8.16. The Morgan fingerprint density at radius 1 is 1.40 bits per heavy atom. The van der Waals surface area contributed by atoms with Crippen molar-refractivity contribution in [1.29, 1.82) is 0 Å². The maximum Gasteiger partial charge on any atom is 0.124 e. The van der Waals surface area contributed by atoms with Gasteiger partial charge in [0.1, 0.15) is 5.82 Å². The summed E-state index contributed by atoms with van der Waals surface area (Å²) in [5.74, 6) is 3.49. The number of nitrogens with one attached hydrogen (secondary N) is 2. The van der Waals surface area contributed by atoms with Crippen LogP contribution in [0.1, 0.15) is 37.1 Å². The van der Waals surface area contributed by atoms with Crippen molar-refractivity contribution in [2.75, 3.05) is 18.1 Å². The molecule has 15 heavy (non-hydrogen) atoms. The zero-order valence-corrected chi connectivity index (χ0v) is 10.3. The molecule has 2 rings (SSSR count). The second-order valence-electron chi connectivity index (χ2n) is 3.84. The van der Waals surface area contributed by atoms with Gasteiger partial charge in [0.15, 0.2) is 0 Å². The van der Waals surface area contributed by atoms with Gasteiger partial charge in [-0.15, -0.1) is 0 Å². The first-order valence-corrected chi connectivity index (χ1v) is 6.89. The number of rotatable bonds is 3. The van der Waals surface area contributed by atoms with Crippen molar-refractivity contribution >= 4 is 11.8 Å². The van der Waals surface area contributed by atoms with Gasteiger partial charge in [-0.2, -0.15) is 11.8 Å². The molecule has 1 unspecified atom stereocenters. The lowest BCUT2D eigenvalue weighted by molar-refractivity contribution is 0.567. The smallest absolute Gasteiger partial charge is 0.124 e. The summed E-state index contributed by atoms with van der Waals surface area (Å²) in [5.41, 5.74) is 2.55. The fourth-order valence-electron chi connectivity index (χ4n) is 1.96. The molecule has 84 valence electrons. The highest BCUT2D eigenvalue weighted by Gasteiger charge is 2.19. The highest BCUT2D eigenvalue weighted by atomic mass is 32.2. The number of nitrogens with zero attached hydrogens (tertiary/aromatic N) is 1. The normalized spacial score (nSPS) is 21.9. The van der Waals surface area contributed by atoms with E-state index >= 15 is 0 Å². The van der Waals surface area contributed by atoms with Crippen LogP contribution in [0.5, 0.6) is 0 Å². The predicted molar refractivity (Wildman–Crippen MR) is 65.4 cm³/mol. The van der Waals surface area contributed by atoms with E-state index in [0.717, 1.165) is 31.0 Å². The van der Waals surface area contributed by atoms with Crippen LogP contribution in [0.2, 0.25) is 0 Å². The average Bonchev–Trinajstić information content (AvgIpc) is 2.73. The molecule has 0 aromatic carbocycles. The van der Waals surface area contributed by atoms with E-state index in [4.69, 9.17) is 4.98 Å². The summed E-state index contributed by atoms with van der Waals surface area (Å²) in [6.07, 6.45) is 2.08. The standard InChI is InChI=1S/C11H19N3S/c1-3-8-9(4-2)14-11(13-8)10-7-15-6-5-12-10/h10,12H,3-7H2,1-2H3,(H,13,14). The van der Waals surface area contributed by atoms with Crippen molar-refractivity contribution in [2.24, 2.45) is 0 Å². The summed E-state index contributed by atoms with van der Waals surface area (Å²) in [7, 11) is 0. The van der Waals surface area contributed by atoms with Crippen LogP contribution in [-0.4, -0.2) is 28.0 Å². The Hall–Kier alpha value is -0.480. The third kappa shape index (κ3) is 2.37. The van der Waals surface area contributed by atoms with E-state index in [2.05, 4.69) is 24.1 Å². The van der Waals surface area contributed by atoms with E-state index < -0.39 is 0 Å². The third-order valence-corrected chi connectivity index (χ3v) is 3.88. The SMILES string of the molecule is CCc1nc(C2CSCCN2)[nH]c1CC. The Morgan fingerprint density at radius 3 is 2.80 bits per heavy atom. The summed E-state index contributed by atoms with van der Waals surface area (Å²) < 4.78 is 0. The molecule has 1 aliphatic rings. The molecule has 0 saturated carbocycles. The minimum atomic E-state index is 0.425. The number of aromatic nitrogens is 2. The van der Waals surface area contributed by atoms with Crippen molar-refractivity contribution in [3.63, 3.8) is 0 Å². The topological polar surface area (TPSA) is 40.7 Å². The monoisotopic (exact) mass is 225 g/mol. The largest absolute Gasteiger partial charge is 0.344 e. The van der Waals surface area contributed by atoms with Crippen LogP contribution < -0.4 is 5.32 Å². The Morgan fingerprint density at radius 2 is 2.27 bits per heavy atom. The van der Waals surface area contributed by atoms with Crippen LogP contribution in [0.15, 0.2) is 0 Å². The second-order valence-corrected chi connectivity index (χ2v) is 4.99. The van der Waals surface area contributed by atoms with Crippen LogP contribution in [-0.2, 0) is 12.8 Å². The van der Waals surface area contributed by atoms with Crippen LogP contribution in [0.25, 0.3) is 0 Å². The number of aromatic amines is 1. The van der Waals surface area contributed by atoms with Gasteiger partial charge in [-0.25, -0.2) is 4.98 Å². The molecular weight excluding hydrogens is 206 g/mol. The molecule has 2 N–H and O–H groups in total. The lowest BCUT2D eigenvalue weighted by Crippen LogP contribution is -2.31. The summed E-state index contributed by atoms with van der Waals surface area (Å²) in [6.45, 7) is 5.45. The molecule has 1 aromatic heterocycles. The fraction of sp³-hybridized carbons (Fsp3) is 0.727. The Balaban J connectivity index is 2.16. The highest BCUT2D eigenvalue weighted by molar-refractivity contribution is 7.99. The van der Waals surface area contributed by atoms with E-state index in [0.29, 0.717) is 6.04 Å². The van der Waals surface area contributed by atoms with E-state index in [1.54, 1.807) is 0 Å². The van der Waals surface area contributed by atoms with Gasteiger partial charge in [0.05, 0.1) is 11.7 Å². The van der Waals surface area contributed by atoms with Crippen molar-refractivity contribution < 1.29 is 0 Å². The van der Waals surface area contributed by atoms with Crippen molar-refractivity contribution in [2.45, 2.75) is 32.7 Å². The zero-order chi connectivity index (χ0) is 10.7. The van der Waals surface area contributed by atoms with Crippen LogP contribution in [0.3, 0.4) is 0 Å². The number of hydrogen-bond acceptors (Lipinski definition) is 3. The number of hydrogen-bond donors (Lipinski definition) is 2. The van der Waals surface area contributed by atoms with Crippen LogP contribution in [0.4, 0.5) is 0 Å². The molecule has 0 bridgehead atoms. The van der Waals surface area contributed by atoms with E-state index in [1.165, 1.54) is 17.1 Å². The van der Waals surface area contributed by atoms with E-state index in [9.17, 15) is 0 Å². The minimum absolute atomic E-state index is 0.425. The van der Waals surface area contributed by atoms with Gasteiger partial charge in [0.2, 0.25) is 0 Å². The molecule has 1 saturated heterocycles. The first-order valence-electron chi connectivity index (χ1n) is 5.74. The van der Waals surface area contributed by atoms with E-state index in [1.807, 2.05) is 11.8 Å². The molecule has 4 heteroatoms. The molecule has 1 aliphatic heterocycles. The van der Waals surface area contributed by atoms with Gasteiger partial charge in [0.25, 0.3) is 0 Å². The maximum absolute atomic E-state index is 4.69. The van der Waals surface area contributed by atoms with Crippen LogP contribution in [0, 0.1) is 0 Å². The van der Waals surface area contributed by atoms with Gasteiger partial charge in [-0.1, -0.05) is 13.8 Å². The molecule has 0 radical (unpaired) electrons. The first kappa shape index (κ1) is 11.0. The quantitative estimate of drug-likeness (QED) is 0.825. The highest BCUT2D eigenvalue weighted by Crippen LogP contribution is 2.21.